The smallest absolute Gasteiger partial charge is 0.169 e. The lowest BCUT2D eigenvalue weighted by molar-refractivity contribution is 0.0563. The number of hydrogen-bond donors (Lipinski definition) is 1. The van der Waals surface area contributed by atoms with Crippen LogP contribution in [0.3, 0.4) is 0 Å². The quantitative estimate of drug-likeness (QED) is 0.910. The first-order valence-corrected chi connectivity index (χ1v) is 6.33. The average Bonchev–Trinajstić information content (AvgIpc) is 2.58. The molecule has 1 saturated carbocycles. The van der Waals surface area contributed by atoms with E-state index in [0.717, 1.165) is 17.0 Å². The third-order valence-corrected chi connectivity index (χ3v) is 4.08. The highest BCUT2D eigenvalue weighted by Gasteiger charge is 2.49. The molecule has 1 fully saturated rings. The molecule has 2 unspecified atom stereocenters. The van der Waals surface area contributed by atoms with Crippen LogP contribution in [-0.2, 0) is 0 Å². The Bertz CT molecular complexity index is 345. The monoisotopic (exact) mass is 271 g/mol. The molecule has 0 spiro atoms. The molecular formula is C12H18BrNO. The van der Waals surface area contributed by atoms with Crippen molar-refractivity contribution in [2.24, 2.45) is 5.41 Å². The second kappa shape index (κ2) is 3.95. The Hall–Kier alpha value is -0.280. The van der Waals surface area contributed by atoms with E-state index in [0.29, 0.717) is 17.4 Å². The molecule has 0 radical (unpaired) electrons. The van der Waals surface area contributed by atoms with Gasteiger partial charge >= 0.3 is 0 Å². The SMILES string of the molecule is CCNC1CC(c2ccc(Br)o2)C1(C)C. The summed E-state index contributed by atoms with van der Waals surface area (Å²) in [7, 11) is 0. The molecule has 0 bridgehead atoms. The van der Waals surface area contributed by atoms with Crippen LogP contribution in [0.1, 0.15) is 38.9 Å². The van der Waals surface area contributed by atoms with Crippen LogP contribution < -0.4 is 5.32 Å². The molecule has 2 rings (SSSR count). The van der Waals surface area contributed by atoms with Crippen molar-refractivity contribution in [1.82, 2.24) is 5.32 Å². The Morgan fingerprint density at radius 2 is 2.27 bits per heavy atom. The van der Waals surface area contributed by atoms with E-state index < -0.39 is 0 Å². The summed E-state index contributed by atoms with van der Waals surface area (Å²) in [5.74, 6) is 1.66. The zero-order valence-electron chi connectivity index (χ0n) is 9.51. The van der Waals surface area contributed by atoms with Crippen molar-refractivity contribution in [2.45, 2.75) is 39.2 Å². The van der Waals surface area contributed by atoms with Gasteiger partial charge in [-0.1, -0.05) is 20.8 Å². The third-order valence-electron chi connectivity index (χ3n) is 3.66. The summed E-state index contributed by atoms with van der Waals surface area (Å²) >= 11 is 3.35. The standard InChI is InChI=1S/C12H18BrNO/c1-4-14-10-7-8(12(10,2)3)9-5-6-11(13)15-9/h5-6,8,10,14H,4,7H2,1-3H3. The number of nitrogens with one attached hydrogen (secondary N) is 1. The van der Waals surface area contributed by atoms with E-state index >= 15 is 0 Å². The van der Waals surface area contributed by atoms with Crippen LogP contribution in [0.5, 0.6) is 0 Å². The highest BCUT2D eigenvalue weighted by molar-refractivity contribution is 9.10. The van der Waals surface area contributed by atoms with Crippen LogP contribution in [-0.4, -0.2) is 12.6 Å². The maximum Gasteiger partial charge on any atom is 0.169 e. The predicted octanol–water partition coefficient (Wildman–Crippen LogP) is 3.53. The fraction of sp³-hybridized carbons (Fsp3) is 0.667. The van der Waals surface area contributed by atoms with Gasteiger partial charge in [-0.3, -0.25) is 0 Å². The molecule has 1 heterocycles. The van der Waals surface area contributed by atoms with Gasteiger partial charge in [-0.05, 0) is 46.4 Å². The molecule has 1 aromatic rings. The Morgan fingerprint density at radius 1 is 1.53 bits per heavy atom. The van der Waals surface area contributed by atoms with Crippen molar-refractivity contribution < 1.29 is 4.42 Å². The molecule has 3 heteroatoms. The maximum atomic E-state index is 5.64. The van der Waals surface area contributed by atoms with Crippen LogP contribution in [0.2, 0.25) is 0 Å². The molecule has 1 aliphatic rings. The summed E-state index contributed by atoms with van der Waals surface area (Å²) in [5, 5.41) is 3.53. The normalized spacial score (nSPS) is 28.8. The molecule has 1 N–H and O–H groups in total. The fourth-order valence-electron chi connectivity index (χ4n) is 2.52. The van der Waals surface area contributed by atoms with Gasteiger partial charge in [0.05, 0.1) is 0 Å². The summed E-state index contributed by atoms with van der Waals surface area (Å²) in [6, 6.07) is 4.68. The van der Waals surface area contributed by atoms with E-state index in [1.807, 2.05) is 6.07 Å². The average molecular weight is 272 g/mol. The molecule has 1 aromatic heterocycles. The minimum Gasteiger partial charge on any atom is -0.454 e. The molecule has 0 saturated heterocycles. The van der Waals surface area contributed by atoms with Gasteiger partial charge in [0.2, 0.25) is 0 Å². The summed E-state index contributed by atoms with van der Waals surface area (Å²) in [4.78, 5) is 0. The molecule has 2 atom stereocenters. The highest BCUT2D eigenvalue weighted by Crippen LogP contribution is 2.52. The van der Waals surface area contributed by atoms with E-state index in [4.69, 9.17) is 4.42 Å². The van der Waals surface area contributed by atoms with E-state index in [1.165, 1.54) is 6.42 Å². The van der Waals surface area contributed by atoms with Crippen molar-refractivity contribution in [3.8, 4) is 0 Å². The first kappa shape index (κ1) is 11.2. The number of furan rings is 1. The van der Waals surface area contributed by atoms with Crippen molar-refractivity contribution in [3.63, 3.8) is 0 Å². The first-order chi connectivity index (χ1) is 7.05. The van der Waals surface area contributed by atoms with E-state index in [-0.39, 0.29) is 0 Å². The summed E-state index contributed by atoms with van der Waals surface area (Å²) in [6.07, 6.45) is 1.18. The molecule has 15 heavy (non-hydrogen) atoms. The van der Waals surface area contributed by atoms with Crippen LogP contribution in [0, 0.1) is 5.41 Å². The predicted molar refractivity (Wildman–Crippen MR) is 65.0 cm³/mol. The molecule has 84 valence electrons. The van der Waals surface area contributed by atoms with Crippen molar-refractivity contribution in [2.75, 3.05) is 6.54 Å². The van der Waals surface area contributed by atoms with Gasteiger partial charge in [0.15, 0.2) is 4.67 Å². The van der Waals surface area contributed by atoms with Crippen molar-refractivity contribution in [3.05, 3.63) is 22.6 Å². The number of halogens is 1. The summed E-state index contributed by atoms with van der Waals surface area (Å²) < 4.78 is 6.47. The fourth-order valence-corrected chi connectivity index (χ4v) is 2.84. The Balaban J connectivity index is 2.09. The van der Waals surface area contributed by atoms with Crippen LogP contribution in [0.25, 0.3) is 0 Å². The van der Waals surface area contributed by atoms with E-state index in [9.17, 15) is 0 Å². The van der Waals surface area contributed by atoms with Gasteiger partial charge < -0.3 is 9.73 Å². The van der Waals surface area contributed by atoms with E-state index in [2.05, 4.69) is 48.1 Å². The molecule has 0 aromatic carbocycles. The van der Waals surface area contributed by atoms with Gasteiger partial charge in [0.25, 0.3) is 0 Å². The third kappa shape index (κ3) is 1.87. The van der Waals surface area contributed by atoms with Gasteiger partial charge in [0, 0.05) is 12.0 Å². The van der Waals surface area contributed by atoms with Gasteiger partial charge in [-0.25, -0.2) is 0 Å². The van der Waals surface area contributed by atoms with Gasteiger partial charge in [0.1, 0.15) is 5.76 Å². The van der Waals surface area contributed by atoms with Crippen LogP contribution in [0.4, 0.5) is 0 Å². The lowest BCUT2D eigenvalue weighted by atomic mass is 9.57. The summed E-state index contributed by atoms with van der Waals surface area (Å²) in [5.41, 5.74) is 0.299. The maximum absolute atomic E-state index is 5.64. The van der Waals surface area contributed by atoms with Gasteiger partial charge in [-0.15, -0.1) is 0 Å². The highest BCUT2D eigenvalue weighted by atomic mass is 79.9. The van der Waals surface area contributed by atoms with Crippen LogP contribution >= 0.6 is 15.9 Å². The first-order valence-electron chi connectivity index (χ1n) is 5.54. The second-order valence-electron chi connectivity index (χ2n) is 4.86. The van der Waals surface area contributed by atoms with Crippen molar-refractivity contribution in [1.29, 1.82) is 0 Å². The zero-order chi connectivity index (χ0) is 11.1. The molecule has 1 aliphatic carbocycles. The molecule has 2 nitrogen and oxygen atoms in total. The molecule has 0 amide bonds. The largest absolute Gasteiger partial charge is 0.454 e. The van der Waals surface area contributed by atoms with Crippen LogP contribution in [0.15, 0.2) is 21.2 Å². The van der Waals surface area contributed by atoms with Gasteiger partial charge in [-0.2, -0.15) is 0 Å². The topological polar surface area (TPSA) is 25.2 Å². The Labute approximate surface area is 99.6 Å². The molecular weight excluding hydrogens is 254 g/mol. The lowest BCUT2D eigenvalue weighted by Gasteiger charge is -2.51. The summed E-state index contributed by atoms with van der Waals surface area (Å²) in [6.45, 7) is 7.82. The zero-order valence-corrected chi connectivity index (χ0v) is 11.1. The second-order valence-corrected chi connectivity index (χ2v) is 5.64. The minimum atomic E-state index is 0.299. The molecule has 0 aliphatic heterocycles. The minimum absolute atomic E-state index is 0.299. The Morgan fingerprint density at radius 3 is 2.73 bits per heavy atom. The Kier molecular flexibility index (Phi) is 2.95. The van der Waals surface area contributed by atoms with Crippen molar-refractivity contribution >= 4 is 15.9 Å². The lowest BCUT2D eigenvalue weighted by Crippen LogP contribution is -2.55. The number of hydrogen-bond acceptors (Lipinski definition) is 2. The number of rotatable bonds is 3. The van der Waals surface area contributed by atoms with E-state index in [1.54, 1.807) is 0 Å².